The minimum atomic E-state index is -4.36. The Morgan fingerprint density at radius 3 is 1.77 bits per heavy atom. The molecular formula is C30H19Cl2NO5S. The van der Waals surface area contributed by atoms with Crippen molar-refractivity contribution in [2.24, 2.45) is 0 Å². The number of carbonyl (C=O) groups excluding carboxylic acids is 2. The lowest BCUT2D eigenvalue weighted by Crippen LogP contribution is -2.37. The Morgan fingerprint density at radius 2 is 1.15 bits per heavy atom. The molecule has 0 aliphatic carbocycles. The van der Waals surface area contributed by atoms with Gasteiger partial charge < -0.3 is 4.74 Å². The summed E-state index contributed by atoms with van der Waals surface area (Å²) >= 11 is 11.9. The van der Waals surface area contributed by atoms with Crippen molar-refractivity contribution in [1.82, 2.24) is 0 Å². The zero-order valence-corrected chi connectivity index (χ0v) is 22.5. The van der Waals surface area contributed by atoms with Crippen LogP contribution in [0.4, 0.5) is 5.69 Å². The van der Waals surface area contributed by atoms with Crippen LogP contribution in [0.15, 0.2) is 120 Å². The summed E-state index contributed by atoms with van der Waals surface area (Å²) in [5.74, 6) is -1.19. The van der Waals surface area contributed by atoms with E-state index in [1.807, 2.05) is 0 Å². The molecule has 0 fully saturated rings. The number of anilines is 1. The molecule has 6 nitrogen and oxygen atoms in total. The van der Waals surface area contributed by atoms with Gasteiger partial charge in [0.25, 0.3) is 15.9 Å². The number of esters is 1. The van der Waals surface area contributed by atoms with Gasteiger partial charge in [-0.15, -0.1) is 0 Å². The summed E-state index contributed by atoms with van der Waals surface area (Å²) in [5, 5.41) is 1.71. The van der Waals surface area contributed by atoms with E-state index in [1.54, 1.807) is 66.7 Å². The van der Waals surface area contributed by atoms with E-state index in [1.165, 1.54) is 48.5 Å². The molecule has 0 saturated carbocycles. The Labute approximate surface area is 235 Å². The molecule has 0 bridgehead atoms. The standard InChI is InChI=1S/C30H19Cl2NO5S/c31-22-14-10-20(11-15-22)29(34)33(39(36,37)24-6-2-1-3-7-24)27-18-19-28(26-9-5-4-8-25(26)27)38-30(35)21-12-16-23(32)17-13-21/h1-19H. The molecule has 9 heteroatoms. The van der Waals surface area contributed by atoms with Crippen LogP contribution in [0.3, 0.4) is 0 Å². The number of hydrogen-bond donors (Lipinski definition) is 0. The van der Waals surface area contributed by atoms with Gasteiger partial charge in [0, 0.05) is 26.4 Å². The third-order valence-electron chi connectivity index (χ3n) is 5.92. The van der Waals surface area contributed by atoms with Crippen LogP contribution in [0, 0.1) is 0 Å². The smallest absolute Gasteiger partial charge is 0.343 e. The number of ether oxygens (including phenoxy) is 1. The molecular weight excluding hydrogens is 557 g/mol. The summed E-state index contributed by atoms with van der Waals surface area (Å²) in [5.41, 5.74) is 0.515. The predicted molar refractivity (Wildman–Crippen MR) is 152 cm³/mol. The molecule has 0 heterocycles. The van der Waals surface area contributed by atoms with Crippen molar-refractivity contribution in [2.45, 2.75) is 4.90 Å². The molecule has 0 aliphatic heterocycles. The van der Waals surface area contributed by atoms with Crippen molar-refractivity contribution in [3.8, 4) is 5.75 Å². The lowest BCUT2D eigenvalue weighted by molar-refractivity contribution is 0.0736. The molecule has 0 aromatic heterocycles. The highest BCUT2D eigenvalue weighted by atomic mass is 35.5. The Bertz CT molecular complexity index is 1790. The molecule has 0 saturated heterocycles. The van der Waals surface area contributed by atoms with E-state index in [0.29, 0.717) is 26.4 Å². The van der Waals surface area contributed by atoms with Gasteiger partial charge in [-0.05, 0) is 72.8 Å². The van der Waals surface area contributed by atoms with E-state index in [0.717, 1.165) is 4.31 Å². The number of nitrogens with zero attached hydrogens (tertiary/aromatic N) is 1. The van der Waals surface area contributed by atoms with E-state index >= 15 is 0 Å². The predicted octanol–water partition coefficient (Wildman–Crippen LogP) is 7.40. The highest BCUT2D eigenvalue weighted by molar-refractivity contribution is 7.93. The first-order chi connectivity index (χ1) is 18.8. The molecule has 0 spiro atoms. The molecule has 5 rings (SSSR count). The van der Waals surface area contributed by atoms with Crippen molar-refractivity contribution < 1.29 is 22.7 Å². The molecule has 0 aliphatic rings. The molecule has 0 unspecified atom stereocenters. The van der Waals surface area contributed by atoms with E-state index in [4.69, 9.17) is 27.9 Å². The van der Waals surface area contributed by atoms with E-state index < -0.39 is 21.9 Å². The molecule has 1 amide bonds. The first-order valence-corrected chi connectivity index (χ1v) is 13.8. The highest BCUT2D eigenvalue weighted by Crippen LogP contribution is 2.37. The zero-order chi connectivity index (χ0) is 27.6. The number of halogens is 2. The lowest BCUT2D eigenvalue weighted by Gasteiger charge is -2.25. The second-order valence-electron chi connectivity index (χ2n) is 8.42. The molecule has 0 atom stereocenters. The largest absolute Gasteiger partial charge is 0.422 e. The second-order valence-corrected chi connectivity index (χ2v) is 11.1. The van der Waals surface area contributed by atoms with Gasteiger partial charge in [0.1, 0.15) is 5.75 Å². The average Bonchev–Trinajstić information content (AvgIpc) is 2.95. The fourth-order valence-electron chi connectivity index (χ4n) is 4.02. The fraction of sp³-hybridized carbons (Fsp3) is 0. The van der Waals surface area contributed by atoms with Gasteiger partial charge in [0.15, 0.2) is 0 Å². The number of fused-ring (bicyclic) bond motifs is 1. The highest BCUT2D eigenvalue weighted by Gasteiger charge is 2.33. The van der Waals surface area contributed by atoms with Crippen molar-refractivity contribution in [2.75, 3.05) is 4.31 Å². The van der Waals surface area contributed by atoms with Gasteiger partial charge in [0.05, 0.1) is 16.1 Å². The SMILES string of the molecule is O=C(Oc1ccc(N(C(=O)c2ccc(Cl)cc2)S(=O)(=O)c2ccccc2)c2ccccc12)c1ccc(Cl)cc1. The molecule has 5 aromatic rings. The minimum Gasteiger partial charge on any atom is -0.422 e. The normalized spacial score (nSPS) is 11.2. The maximum Gasteiger partial charge on any atom is 0.343 e. The van der Waals surface area contributed by atoms with Gasteiger partial charge >= 0.3 is 5.97 Å². The monoisotopic (exact) mass is 575 g/mol. The second kappa shape index (κ2) is 10.9. The van der Waals surface area contributed by atoms with Gasteiger partial charge in [-0.3, -0.25) is 4.79 Å². The first kappa shape index (κ1) is 26.4. The number of sulfonamides is 1. The van der Waals surface area contributed by atoms with E-state index in [-0.39, 0.29) is 21.9 Å². The maximum absolute atomic E-state index is 13.9. The topological polar surface area (TPSA) is 80.8 Å². The fourth-order valence-corrected chi connectivity index (χ4v) is 5.73. The lowest BCUT2D eigenvalue weighted by atomic mass is 10.1. The third kappa shape index (κ3) is 5.38. The number of hydrogen-bond acceptors (Lipinski definition) is 5. The molecule has 0 radical (unpaired) electrons. The summed E-state index contributed by atoms with van der Waals surface area (Å²) in [4.78, 5) is 26.6. The van der Waals surface area contributed by atoms with Gasteiger partial charge in [-0.1, -0.05) is 65.7 Å². The van der Waals surface area contributed by atoms with E-state index in [2.05, 4.69) is 0 Å². The summed E-state index contributed by atoms with van der Waals surface area (Å²) in [6.07, 6.45) is 0. The van der Waals surface area contributed by atoms with Crippen molar-refractivity contribution >= 4 is 61.6 Å². The number of carbonyl (C=O) groups is 2. The van der Waals surface area contributed by atoms with Gasteiger partial charge in [-0.25, -0.2) is 13.2 Å². The molecule has 5 aromatic carbocycles. The third-order valence-corrected chi connectivity index (χ3v) is 8.13. The Balaban J connectivity index is 1.65. The van der Waals surface area contributed by atoms with Crippen LogP contribution >= 0.6 is 23.2 Å². The van der Waals surface area contributed by atoms with Crippen LogP contribution in [-0.2, 0) is 10.0 Å². The number of rotatable bonds is 6. The van der Waals surface area contributed by atoms with Crippen molar-refractivity contribution in [1.29, 1.82) is 0 Å². The summed E-state index contributed by atoms with van der Waals surface area (Å²) in [7, 11) is -4.36. The van der Waals surface area contributed by atoms with Crippen molar-refractivity contribution in [3.05, 3.63) is 136 Å². The summed E-state index contributed by atoms with van der Waals surface area (Å²) < 4.78 is 34.3. The molecule has 0 N–H and O–H groups in total. The Kier molecular flexibility index (Phi) is 7.39. The minimum absolute atomic E-state index is 0.0605. The van der Waals surface area contributed by atoms with Crippen LogP contribution < -0.4 is 9.04 Å². The van der Waals surface area contributed by atoms with Crippen molar-refractivity contribution in [3.63, 3.8) is 0 Å². The number of benzene rings is 5. The summed E-state index contributed by atoms with van der Waals surface area (Å²) in [6, 6.07) is 29.6. The summed E-state index contributed by atoms with van der Waals surface area (Å²) in [6.45, 7) is 0. The van der Waals surface area contributed by atoms with Crippen LogP contribution in [0.2, 0.25) is 10.0 Å². The first-order valence-electron chi connectivity index (χ1n) is 11.7. The maximum atomic E-state index is 13.9. The van der Waals surface area contributed by atoms with Gasteiger partial charge in [0.2, 0.25) is 0 Å². The Morgan fingerprint density at radius 1 is 0.615 bits per heavy atom. The van der Waals surface area contributed by atoms with Crippen LogP contribution in [-0.4, -0.2) is 20.3 Å². The van der Waals surface area contributed by atoms with Crippen LogP contribution in [0.25, 0.3) is 10.8 Å². The number of amides is 1. The Hall–Kier alpha value is -4.17. The van der Waals surface area contributed by atoms with Crippen LogP contribution in [0.5, 0.6) is 5.75 Å². The molecule has 194 valence electrons. The van der Waals surface area contributed by atoms with E-state index in [9.17, 15) is 18.0 Å². The average molecular weight is 576 g/mol. The van der Waals surface area contributed by atoms with Crippen LogP contribution in [0.1, 0.15) is 20.7 Å². The zero-order valence-electron chi connectivity index (χ0n) is 20.1. The molecule has 39 heavy (non-hydrogen) atoms. The van der Waals surface area contributed by atoms with Gasteiger partial charge in [-0.2, -0.15) is 4.31 Å². The quantitative estimate of drug-likeness (QED) is 0.155.